The second kappa shape index (κ2) is 10.4. The maximum atomic E-state index is 13.2. The molecule has 1 N–H and O–H groups in total. The zero-order chi connectivity index (χ0) is 24.6. The molecule has 1 amide bonds. The molecule has 0 unspecified atom stereocenters. The van der Waals surface area contributed by atoms with E-state index < -0.39 is 10.0 Å². The fourth-order valence-corrected chi connectivity index (χ4v) is 5.88. The van der Waals surface area contributed by atoms with E-state index >= 15 is 0 Å². The summed E-state index contributed by atoms with van der Waals surface area (Å²) in [4.78, 5) is 18.8. The Morgan fingerprint density at radius 3 is 2.19 bits per heavy atom. The first-order chi connectivity index (χ1) is 16.8. The number of sulfonamides is 1. The van der Waals surface area contributed by atoms with Crippen LogP contribution in [0.4, 0.5) is 0 Å². The average molecular weight is 544 g/mol. The van der Waals surface area contributed by atoms with Crippen molar-refractivity contribution in [3.63, 3.8) is 0 Å². The lowest BCUT2D eigenvalue weighted by Crippen LogP contribution is -2.50. The normalized spacial score (nSPS) is 14.4. The predicted octanol–water partition coefficient (Wildman–Crippen LogP) is 4.83. The molecule has 4 aromatic rings. The molecule has 0 atom stereocenters. The summed E-state index contributed by atoms with van der Waals surface area (Å²) in [6, 6.07) is 18.8. The number of amides is 1. The largest absolute Gasteiger partial charge is 0.507 e. The molecular weight excluding hydrogens is 521 g/mol. The summed E-state index contributed by atoms with van der Waals surface area (Å²) in [5.74, 6) is -0.445. The van der Waals surface area contributed by atoms with Gasteiger partial charge >= 0.3 is 0 Å². The number of phenolic OH excluding ortho intramolecular Hbond substituents is 1. The van der Waals surface area contributed by atoms with Gasteiger partial charge in [-0.1, -0.05) is 29.8 Å². The molecule has 3 aromatic carbocycles. The highest BCUT2D eigenvalue weighted by molar-refractivity contribution is 7.89. The number of fused-ring (bicyclic) bond motifs is 1. The monoisotopic (exact) mass is 543 g/mol. The van der Waals surface area contributed by atoms with Crippen LogP contribution in [0.2, 0.25) is 5.02 Å². The number of rotatable bonds is 4. The Balaban J connectivity index is 0.00000304. The smallest absolute Gasteiger partial charge is 0.257 e. The number of aromatic nitrogens is 1. The van der Waals surface area contributed by atoms with Crippen molar-refractivity contribution in [1.82, 2.24) is 14.2 Å². The molecule has 1 aromatic heterocycles. The molecule has 1 aliphatic rings. The Bertz CT molecular complexity index is 1520. The summed E-state index contributed by atoms with van der Waals surface area (Å²) in [6.45, 7) is 0.796. The highest BCUT2D eigenvalue weighted by Gasteiger charge is 2.31. The molecule has 0 spiro atoms. The van der Waals surface area contributed by atoms with E-state index in [4.69, 9.17) is 11.6 Å². The molecule has 0 bridgehead atoms. The van der Waals surface area contributed by atoms with Crippen LogP contribution in [0.1, 0.15) is 10.4 Å². The van der Waals surface area contributed by atoms with E-state index in [1.54, 1.807) is 71.9 Å². The average Bonchev–Trinajstić information content (AvgIpc) is 2.88. The summed E-state index contributed by atoms with van der Waals surface area (Å²) in [5.41, 5.74) is 1.84. The van der Waals surface area contributed by atoms with Crippen LogP contribution in [0.25, 0.3) is 21.9 Å². The number of aromatic hydroxyl groups is 1. The molecule has 0 saturated carbocycles. The van der Waals surface area contributed by atoms with Crippen LogP contribution in [0, 0.1) is 0 Å². The standard InChI is InChI=1S/C26H22ClN3O4S.ClH/c27-22-4-1-20-16-23(5-2-19(20)15-22)35(33,34)30-13-11-29(12-14-30)26(32)24-6-3-21(17-25(24)31)18-7-9-28-10-8-18;/h1-10,15-17,31H,11-14H2;1H. The Morgan fingerprint density at radius 2 is 1.50 bits per heavy atom. The van der Waals surface area contributed by atoms with E-state index in [9.17, 15) is 18.3 Å². The zero-order valence-corrected chi connectivity index (χ0v) is 21.4. The van der Waals surface area contributed by atoms with Crippen molar-refractivity contribution in [1.29, 1.82) is 0 Å². The topological polar surface area (TPSA) is 90.8 Å². The number of carbonyl (C=O) groups is 1. The zero-order valence-electron chi connectivity index (χ0n) is 19.0. The van der Waals surface area contributed by atoms with Crippen LogP contribution < -0.4 is 0 Å². The molecule has 1 fully saturated rings. The van der Waals surface area contributed by atoms with Crippen LogP contribution in [-0.4, -0.2) is 59.8 Å². The van der Waals surface area contributed by atoms with E-state index in [1.165, 1.54) is 4.31 Å². The molecule has 2 heterocycles. The SMILES string of the molecule is Cl.O=C(c1ccc(-c2ccncc2)cc1O)N1CCN(S(=O)(=O)c2ccc3cc(Cl)ccc3c2)CC1. The molecular formula is C26H23Cl2N3O4S. The number of phenols is 1. The van der Waals surface area contributed by atoms with Crippen LogP contribution >= 0.6 is 24.0 Å². The first-order valence-electron chi connectivity index (χ1n) is 11.0. The predicted molar refractivity (Wildman–Crippen MR) is 142 cm³/mol. The van der Waals surface area contributed by atoms with Gasteiger partial charge in [0.1, 0.15) is 5.75 Å². The van der Waals surface area contributed by atoms with E-state index in [-0.39, 0.29) is 60.7 Å². The molecule has 1 saturated heterocycles. The molecule has 0 aliphatic carbocycles. The van der Waals surface area contributed by atoms with Gasteiger partial charge in [0.2, 0.25) is 10.0 Å². The third-order valence-electron chi connectivity index (χ3n) is 6.18. The van der Waals surface area contributed by atoms with Crippen molar-refractivity contribution >= 4 is 50.7 Å². The van der Waals surface area contributed by atoms with E-state index in [1.807, 2.05) is 12.1 Å². The van der Waals surface area contributed by atoms with Gasteiger partial charge in [-0.25, -0.2) is 8.42 Å². The molecule has 10 heteroatoms. The summed E-state index contributed by atoms with van der Waals surface area (Å²) in [5, 5.41) is 12.7. The maximum absolute atomic E-state index is 13.2. The molecule has 186 valence electrons. The van der Waals surface area contributed by atoms with Gasteiger partial charge in [0, 0.05) is 43.6 Å². The van der Waals surface area contributed by atoms with Gasteiger partial charge < -0.3 is 10.0 Å². The van der Waals surface area contributed by atoms with E-state index in [0.717, 1.165) is 21.9 Å². The fourth-order valence-electron chi connectivity index (χ4n) is 4.24. The van der Waals surface area contributed by atoms with Crippen molar-refractivity contribution in [2.75, 3.05) is 26.2 Å². The van der Waals surface area contributed by atoms with Crippen molar-refractivity contribution in [3.05, 3.63) is 89.7 Å². The van der Waals surface area contributed by atoms with Crippen LogP contribution in [-0.2, 0) is 10.0 Å². The highest BCUT2D eigenvalue weighted by Crippen LogP contribution is 2.28. The lowest BCUT2D eigenvalue weighted by Gasteiger charge is -2.34. The third kappa shape index (κ3) is 5.03. The Hall–Kier alpha value is -3.17. The van der Waals surface area contributed by atoms with Crippen LogP contribution in [0.3, 0.4) is 0 Å². The Labute approximate surface area is 220 Å². The lowest BCUT2D eigenvalue weighted by atomic mass is 10.0. The molecule has 5 rings (SSSR count). The quantitative estimate of drug-likeness (QED) is 0.398. The van der Waals surface area contributed by atoms with Gasteiger partial charge in [0.15, 0.2) is 0 Å². The Kier molecular flexibility index (Phi) is 7.51. The number of carbonyl (C=O) groups excluding carboxylic acids is 1. The minimum Gasteiger partial charge on any atom is -0.507 e. The first-order valence-corrected chi connectivity index (χ1v) is 12.9. The van der Waals surface area contributed by atoms with Crippen molar-refractivity contribution in [2.45, 2.75) is 4.90 Å². The van der Waals surface area contributed by atoms with Crippen molar-refractivity contribution < 1.29 is 18.3 Å². The summed E-state index contributed by atoms with van der Waals surface area (Å²) < 4.78 is 27.8. The highest BCUT2D eigenvalue weighted by atomic mass is 35.5. The molecule has 36 heavy (non-hydrogen) atoms. The fraction of sp³-hybridized carbons (Fsp3) is 0.154. The second-order valence-corrected chi connectivity index (χ2v) is 10.7. The first kappa shape index (κ1) is 25.9. The number of nitrogens with zero attached hydrogens (tertiary/aromatic N) is 3. The molecule has 0 radical (unpaired) electrons. The number of halogens is 2. The van der Waals surface area contributed by atoms with Gasteiger partial charge in [-0.3, -0.25) is 9.78 Å². The van der Waals surface area contributed by atoms with Gasteiger partial charge in [0.05, 0.1) is 10.5 Å². The number of benzene rings is 3. The van der Waals surface area contributed by atoms with E-state index in [0.29, 0.717) is 5.02 Å². The lowest BCUT2D eigenvalue weighted by molar-refractivity contribution is 0.0695. The van der Waals surface area contributed by atoms with Gasteiger partial charge in [-0.05, 0) is 70.4 Å². The maximum Gasteiger partial charge on any atom is 0.257 e. The summed E-state index contributed by atoms with van der Waals surface area (Å²) >= 11 is 6.02. The van der Waals surface area contributed by atoms with Crippen molar-refractivity contribution in [3.8, 4) is 16.9 Å². The van der Waals surface area contributed by atoms with E-state index in [2.05, 4.69) is 4.98 Å². The minimum atomic E-state index is -3.71. The minimum absolute atomic E-state index is 0. The molecule has 7 nitrogen and oxygen atoms in total. The van der Waals surface area contributed by atoms with Gasteiger partial charge in [-0.15, -0.1) is 12.4 Å². The van der Waals surface area contributed by atoms with Gasteiger partial charge in [-0.2, -0.15) is 4.31 Å². The molecule has 1 aliphatic heterocycles. The van der Waals surface area contributed by atoms with Crippen molar-refractivity contribution in [2.24, 2.45) is 0 Å². The van der Waals surface area contributed by atoms with Crippen LogP contribution in [0.15, 0.2) is 84.0 Å². The number of hydrogen-bond donors (Lipinski definition) is 1. The number of pyridine rings is 1. The number of hydrogen-bond acceptors (Lipinski definition) is 5. The number of piperazine rings is 1. The third-order valence-corrected chi connectivity index (χ3v) is 8.31. The van der Waals surface area contributed by atoms with Crippen LogP contribution in [0.5, 0.6) is 5.75 Å². The summed E-state index contributed by atoms with van der Waals surface area (Å²) in [7, 11) is -3.71. The second-order valence-electron chi connectivity index (χ2n) is 8.32. The van der Waals surface area contributed by atoms with Gasteiger partial charge in [0.25, 0.3) is 5.91 Å². The Morgan fingerprint density at radius 1 is 0.833 bits per heavy atom. The summed E-state index contributed by atoms with van der Waals surface area (Å²) in [6.07, 6.45) is 3.32.